The second-order valence-corrected chi connectivity index (χ2v) is 9.51. The highest BCUT2D eigenvalue weighted by molar-refractivity contribution is 9.28. The van der Waals surface area contributed by atoms with Crippen LogP contribution >= 0.6 is 31.9 Å². The number of hydrogen-bond donors (Lipinski definition) is 1. The molecule has 0 bridgehead atoms. The Kier molecular flexibility index (Phi) is 9.80. The number of benzene rings is 1. The Morgan fingerprint density at radius 2 is 1.93 bits per heavy atom. The molecule has 0 spiro atoms. The number of esters is 2. The number of unbranched alkanes of at least 4 members (excludes halogenated alkanes) is 1. The van der Waals surface area contributed by atoms with Crippen LogP contribution < -0.4 is 5.32 Å². The number of carbonyl (C=O) groups is 2. The summed E-state index contributed by atoms with van der Waals surface area (Å²) < 4.78 is 10.8. The van der Waals surface area contributed by atoms with Gasteiger partial charge in [-0.1, -0.05) is 12.1 Å². The van der Waals surface area contributed by atoms with Gasteiger partial charge in [-0.25, -0.2) is 9.59 Å². The summed E-state index contributed by atoms with van der Waals surface area (Å²) in [7, 11) is 1.36. The molecule has 0 aliphatic carbocycles. The predicted molar refractivity (Wildman–Crippen MR) is 116 cm³/mol. The van der Waals surface area contributed by atoms with E-state index < -0.39 is 5.60 Å². The normalized spacial score (nSPS) is 11.2. The van der Waals surface area contributed by atoms with Gasteiger partial charge in [0, 0.05) is 18.3 Å². The Balaban J connectivity index is 2.63. The molecular weight excluding hydrogens is 478 g/mol. The first kappa shape index (κ1) is 23.4. The SMILES string of the molecule is COC(=O)c1ccc(C=C(Br)Br)c(NCCCC=CC(=O)OC(C)(C)C)c1. The van der Waals surface area contributed by atoms with Crippen LogP contribution in [-0.2, 0) is 14.3 Å². The van der Waals surface area contributed by atoms with Crippen LogP contribution in [0.25, 0.3) is 6.08 Å². The third-order valence-electron chi connectivity index (χ3n) is 3.26. The Bertz CT molecular complexity index is 717. The van der Waals surface area contributed by atoms with E-state index in [9.17, 15) is 9.59 Å². The molecule has 0 aliphatic heterocycles. The minimum Gasteiger partial charge on any atom is -0.465 e. The molecule has 0 saturated carbocycles. The maximum atomic E-state index is 11.7. The Labute approximate surface area is 177 Å². The molecule has 1 aromatic rings. The number of halogens is 2. The third-order valence-corrected chi connectivity index (χ3v) is 3.72. The van der Waals surface area contributed by atoms with Gasteiger partial charge < -0.3 is 14.8 Å². The summed E-state index contributed by atoms with van der Waals surface area (Å²) in [4.78, 5) is 23.3. The van der Waals surface area contributed by atoms with Gasteiger partial charge in [-0.2, -0.15) is 0 Å². The van der Waals surface area contributed by atoms with Crippen molar-refractivity contribution >= 4 is 55.6 Å². The van der Waals surface area contributed by atoms with Crippen molar-refractivity contribution in [2.75, 3.05) is 19.0 Å². The second-order valence-electron chi connectivity index (χ2n) is 6.73. The highest BCUT2D eigenvalue weighted by Gasteiger charge is 2.13. The minimum atomic E-state index is -0.485. The van der Waals surface area contributed by atoms with Crippen molar-refractivity contribution in [1.29, 1.82) is 0 Å². The van der Waals surface area contributed by atoms with E-state index in [4.69, 9.17) is 9.47 Å². The summed E-state index contributed by atoms with van der Waals surface area (Å²) in [6.45, 7) is 6.19. The van der Waals surface area contributed by atoms with Crippen LogP contribution in [-0.4, -0.2) is 31.2 Å². The fraction of sp³-hybridized carbons (Fsp3) is 0.400. The smallest absolute Gasteiger partial charge is 0.337 e. The second kappa shape index (κ2) is 11.3. The maximum Gasteiger partial charge on any atom is 0.337 e. The van der Waals surface area contributed by atoms with Crippen molar-refractivity contribution < 1.29 is 19.1 Å². The predicted octanol–water partition coefficient (Wildman–Crippen LogP) is 5.65. The van der Waals surface area contributed by atoms with Crippen LogP contribution in [0.5, 0.6) is 0 Å². The maximum absolute atomic E-state index is 11.7. The zero-order valence-electron chi connectivity index (χ0n) is 16.0. The van der Waals surface area contributed by atoms with Gasteiger partial charge in [0.1, 0.15) is 5.60 Å². The van der Waals surface area contributed by atoms with E-state index in [1.165, 1.54) is 13.2 Å². The van der Waals surface area contributed by atoms with Crippen LogP contribution in [0.4, 0.5) is 5.69 Å². The summed E-state index contributed by atoms with van der Waals surface area (Å²) >= 11 is 6.70. The molecule has 0 fully saturated rings. The van der Waals surface area contributed by atoms with Crippen LogP contribution in [0.15, 0.2) is 33.7 Å². The number of carbonyl (C=O) groups excluding carboxylic acids is 2. The number of anilines is 1. The zero-order chi connectivity index (χ0) is 20.4. The van der Waals surface area contributed by atoms with Gasteiger partial charge in [-0.15, -0.1) is 0 Å². The topological polar surface area (TPSA) is 64.6 Å². The van der Waals surface area contributed by atoms with Crippen LogP contribution in [0, 0.1) is 0 Å². The van der Waals surface area contributed by atoms with Gasteiger partial charge >= 0.3 is 11.9 Å². The number of methoxy groups -OCH3 is 1. The van der Waals surface area contributed by atoms with Gasteiger partial charge in [0.15, 0.2) is 0 Å². The summed E-state index contributed by atoms with van der Waals surface area (Å²) in [6.07, 6.45) is 6.71. The quantitative estimate of drug-likeness (QED) is 0.282. The first-order valence-corrected chi connectivity index (χ1v) is 10.1. The van der Waals surface area contributed by atoms with E-state index in [1.54, 1.807) is 18.2 Å². The summed E-state index contributed by atoms with van der Waals surface area (Å²) in [5.41, 5.74) is 1.75. The molecule has 0 heterocycles. The number of allylic oxidation sites excluding steroid dienone is 1. The molecule has 0 saturated heterocycles. The molecule has 0 amide bonds. The Morgan fingerprint density at radius 3 is 2.52 bits per heavy atom. The number of ether oxygens (including phenoxy) is 2. The lowest BCUT2D eigenvalue weighted by atomic mass is 10.1. The molecule has 0 unspecified atom stereocenters. The fourth-order valence-electron chi connectivity index (χ4n) is 2.16. The summed E-state index contributed by atoms with van der Waals surface area (Å²) in [5, 5.41) is 3.32. The van der Waals surface area contributed by atoms with Gasteiger partial charge in [-0.05, 0) is 89.2 Å². The summed E-state index contributed by atoms with van der Waals surface area (Å²) in [6, 6.07) is 5.33. The molecule has 0 radical (unpaired) electrons. The number of hydrogen-bond acceptors (Lipinski definition) is 5. The highest BCUT2D eigenvalue weighted by atomic mass is 79.9. The molecule has 0 atom stereocenters. The van der Waals surface area contributed by atoms with Crippen molar-refractivity contribution in [2.45, 2.75) is 39.2 Å². The molecule has 1 rings (SSSR count). The van der Waals surface area contributed by atoms with Crippen molar-refractivity contribution in [3.8, 4) is 0 Å². The lowest BCUT2D eigenvalue weighted by Gasteiger charge is -2.17. The van der Waals surface area contributed by atoms with Crippen molar-refractivity contribution in [3.05, 3.63) is 44.9 Å². The first-order chi connectivity index (χ1) is 12.6. The van der Waals surface area contributed by atoms with E-state index in [0.717, 1.165) is 27.5 Å². The molecule has 27 heavy (non-hydrogen) atoms. The molecule has 5 nitrogen and oxygen atoms in total. The van der Waals surface area contributed by atoms with Gasteiger partial charge in [0.05, 0.1) is 16.1 Å². The van der Waals surface area contributed by atoms with Crippen molar-refractivity contribution in [1.82, 2.24) is 0 Å². The van der Waals surface area contributed by atoms with E-state index >= 15 is 0 Å². The average Bonchev–Trinajstić information content (AvgIpc) is 2.56. The van der Waals surface area contributed by atoms with E-state index in [2.05, 4.69) is 37.2 Å². The molecule has 148 valence electrons. The highest BCUT2D eigenvalue weighted by Crippen LogP contribution is 2.25. The van der Waals surface area contributed by atoms with E-state index in [1.807, 2.05) is 32.9 Å². The molecule has 1 aromatic carbocycles. The number of nitrogens with one attached hydrogen (secondary N) is 1. The molecule has 1 N–H and O–H groups in total. The lowest BCUT2D eigenvalue weighted by Crippen LogP contribution is -2.22. The third kappa shape index (κ3) is 9.77. The molecule has 0 aromatic heterocycles. The van der Waals surface area contributed by atoms with Crippen LogP contribution in [0.1, 0.15) is 49.5 Å². The van der Waals surface area contributed by atoms with E-state index in [-0.39, 0.29) is 11.9 Å². The minimum absolute atomic E-state index is 0.337. The monoisotopic (exact) mass is 501 g/mol. The zero-order valence-corrected chi connectivity index (χ0v) is 19.1. The molecule has 0 aliphatic rings. The van der Waals surface area contributed by atoms with Crippen molar-refractivity contribution in [3.63, 3.8) is 0 Å². The Morgan fingerprint density at radius 1 is 1.22 bits per heavy atom. The van der Waals surface area contributed by atoms with E-state index in [0.29, 0.717) is 12.1 Å². The Hall–Kier alpha value is -1.60. The largest absolute Gasteiger partial charge is 0.465 e. The van der Waals surface area contributed by atoms with Gasteiger partial charge in [0.2, 0.25) is 0 Å². The molecular formula is C20H25Br2NO4. The van der Waals surface area contributed by atoms with Gasteiger partial charge in [-0.3, -0.25) is 0 Å². The van der Waals surface area contributed by atoms with Gasteiger partial charge in [0.25, 0.3) is 0 Å². The standard InChI is InChI=1S/C20H25Br2NO4/c1-20(2,3)27-18(24)8-6-5-7-11-23-16-12-15(19(25)26-4)10-9-14(16)13-17(21)22/h6,8-10,12-13,23H,5,7,11H2,1-4H3. The van der Waals surface area contributed by atoms with Crippen LogP contribution in [0.3, 0.4) is 0 Å². The van der Waals surface area contributed by atoms with Crippen LogP contribution in [0.2, 0.25) is 0 Å². The lowest BCUT2D eigenvalue weighted by molar-refractivity contribution is -0.148. The molecule has 7 heteroatoms. The number of rotatable bonds is 8. The summed E-state index contributed by atoms with van der Waals surface area (Å²) in [5.74, 6) is -0.720. The van der Waals surface area contributed by atoms with Crippen molar-refractivity contribution in [2.24, 2.45) is 0 Å². The average molecular weight is 503 g/mol. The first-order valence-electron chi connectivity index (χ1n) is 8.51. The fourth-order valence-corrected chi connectivity index (χ4v) is 2.65.